The van der Waals surface area contributed by atoms with Crippen LogP contribution < -0.4 is 9.64 Å². The summed E-state index contributed by atoms with van der Waals surface area (Å²) < 4.78 is 9.74. The number of carbonyl (C=O) groups is 1. The van der Waals surface area contributed by atoms with Crippen LogP contribution in [0.15, 0.2) is 48.8 Å². The molecule has 0 N–H and O–H groups in total. The van der Waals surface area contributed by atoms with E-state index in [4.69, 9.17) is 33.0 Å². The summed E-state index contributed by atoms with van der Waals surface area (Å²) in [7, 11) is 0. The molecule has 0 spiro atoms. The van der Waals surface area contributed by atoms with Crippen LogP contribution in [-0.2, 0) is 17.9 Å². The van der Waals surface area contributed by atoms with Gasteiger partial charge in [0, 0.05) is 30.3 Å². The van der Waals surface area contributed by atoms with Crippen LogP contribution in [0.2, 0.25) is 10.0 Å². The van der Waals surface area contributed by atoms with Crippen molar-refractivity contribution in [2.45, 2.75) is 58.3 Å². The number of fused-ring (bicyclic) bond motifs is 1. The highest BCUT2D eigenvalue weighted by Gasteiger charge is 2.29. The van der Waals surface area contributed by atoms with Crippen molar-refractivity contribution < 1.29 is 9.53 Å². The third-order valence-electron chi connectivity index (χ3n) is 6.57. The molecule has 0 radical (unpaired) electrons. The predicted molar refractivity (Wildman–Crippen MR) is 143 cm³/mol. The number of ether oxygens (including phenoxy) is 1. The molecule has 8 nitrogen and oxygen atoms in total. The minimum atomic E-state index is 0.0347. The van der Waals surface area contributed by atoms with E-state index in [0.717, 1.165) is 46.9 Å². The molecule has 0 bridgehead atoms. The minimum absolute atomic E-state index is 0.0347. The number of rotatable bonds is 7. The van der Waals surface area contributed by atoms with Gasteiger partial charge in [0.25, 0.3) is 0 Å². The van der Waals surface area contributed by atoms with E-state index in [1.165, 1.54) is 0 Å². The molecule has 1 saturated carbocycles. The third kappa shape index (κ3) is 4.60. The molecule has 10 heteroatoms. The molecule has 0 unspecified atom stereocenters. The third-order valence-corrected chi connectivity index (χ3v) is 7.16. The normalized spacial score (nSPS) is 15.4. The van der Waals surface area contributed by atoms with Crippen LogP contribution in [0.5, 0.6) is 5.75 Å². The Hall–Kier alpha value is -3.36. The largest absolute Gasteiger partial charge is 0.488 e. The van der Waals surface area contributed by atoms with Gasteiger partial charge in [-0.25, -0.2) is 4.68 Å². The Morgan fingerprint density at radius 3 is 2.73 bits per heavy atom. The van der Waals surface area contributed by atoms with Crippen molar-refractivity contribution in [3.05, 3.63) is 64.4 Å². The molecule has 37 heavy (non-hydrogen) atoms. The fraction of sp³-hybridized carbons (Fsp3) is 0.333. The van der Waals surface area contributed by atoms with Crippen molar-refractivity contribution in [1.82, 2.24) is 24.5 Å². The van der Waals surface area contributed by atoms with Gasteiger partial charge in [-0.1, -0.05) is 35.3 Å². The lowest BCUT2D eigenvalue weighted by Gasteiger charge is -2.27. The first kappa shape index (κ1) is 24.0. The summed E-state index contributed by atoms with van der Waals surface area (Å²) in [5.41, 5.74) is 3.87. The van der Waals surface area contributed by atoms with Gasteiger partial charge in [-0.15, -0.1) is 0 Å². The molecule has 6 rings (SSSR count). The number of amides is 1. The van der Waals surface area contributed by atoms with E-state index in [-0.39, 0.29) is 18.1 Å². The van der Waals surface area contributed by atoms with Crippen molar-refractivity contribution in [3.8, 4) is 28.4 Å². The molecule has 190 valence electrons. The van der Waals surface area contributed by atoms with Crippen molar-refractivity contribution in [3.63, 3.8) is 0 Å². The molecule has 1 amide bonds. The Morgan fingerprint density at radius 2 is 1.97 bits per heavy atom. The number of hydrogen-bond acceptors (Lipinski definition) is 5. The maximum absolute atomic E-state index is 13.0. The van der Waals surface area contributed by atoms with Crippen LogP contribution in [0.1, 0.15) is 44.7 Å². The number of aromatic nitrogens is 5. The Labute approximate surface area is 224 Å². The van der Waals surface area contributed by atoms with E-state index in [0.29, 0.717) is 35.2 Å². The number of aryl methyl sites for hydroxylation is 1. The molecule has 3 aromatic heterocycles. The van der Waals surface area contributed by atoms with Gasteiger partial charge < -0.3 is 4.74 Å². The standard InChI is InChI=1S/C27H26Cl2N6O2/c1-16(2)35-27(21(29)14-31-35)22-13-24-33(25(36)9-11-34(24)32-22)15-17-5-8-19(20(28)12-17)26-23(4-3-10-30-26)37-18-6-7-18/h3-5,8,10,12-14,16,18H,6-7,9,11,15H2,1-2H3. The summed E-state index contributed by atoms with van der Waals surface area (Å²) >= 11 is 13.2. The van der Waals surface area contributed by atoms with Crippen LogP contribution in [-0.4, -0.2) is 36.6 Å². The highest BCUT2D eigenvalue weighted by Crippen LogP contribution is 2.38. The average molecular weight is 537 g/mol. The zero-order valence-corrected chi connectivity index (χ0v) is 22.1. The molecule has 1 fully saturated rings. The Bertz CT molecular complexity index is 1490. The Kier molecular flexibility index (Phi) is 6.16. The van der Waals surface area contributed by atoms with E-state index in [1.54, 1.807) is 17.3 Å². The van der Waals surface area contributed by atoms with E-state index in [1.807, 2.05) is 59.6 Å². The van der Waals surface area contributed by atoms with Crippen molar-refractivity contribution >= 4 is 34.9 Å². The molecular weight excluding hydrogens is 511 g/mol. The van der Waals surface area contributed by atoms with E-state index >= 15 is 0 Å². The molecule has 0 atom stereocenters. The van der Waals surface area contributed by atoms with Gasteiger partial charge in [-0.3, -0.25) is 19.4 Å². The second-order valence-corrected chi connectivity index (χ2v) is 10.5. The van der Waals surface area contributed by atoms with Crippen LogP contribution in [0.3, 0.4) is 0 Å². The number of benzene rings is 1. The van der Waals surface area contributed by atoms with E-state index in [9.17, 15) is 4.79 Å². The first-order valence-corrected chi connectivity index (χ1v) is 13.2. The molecule has 4 aromatic rings. The summed E-state index contributed by atoms with van der Waals surface area (Å²) in [5, 5.41) is 10.2. The number of nitrogens with zero attached hydrogens (tertiary/aromatic N) is 6. The van der Waals surface area contributed by atoms with Gasteiger partial charge >= 0.3 is 0 Å². The van der Waals surface area contributed by atoms with Crippen molar-refractivity contribution in [2.24, 2.45) is 0 Å². The fourth-order valence-electron chi connectivity index (χ4n) is 4.60. The maximum atomic E-state index is 13.0. The summed E-state index contributed by atoms with van der Waals surface area (Å²) in [6, 6.07) is 11.6. The highest BCUT2D eigenvalue weighted by atomic mass is 35.5. The summed E-state index contributed by atoms with van der Waals surface area (Å²) in [5.74, 6) is 1.50. The number of hydrogen-bond donors (Lipinski definition) is 0. The summed E-state index contributed by atoms with van der Waals surface area (Å²) in [6.45, 7) is 4.96. The number of anilines is 1. The lowest BCUT2D eigenvalue weighted by Crippen LogP contribution is -2.36. The monoisotopic (exact) mass is 536 g/mol. The lowest BCUT2D eigenvalue weighted by molar-refractivity contribution is -0.119. The smallest absolute Gasteiger partial charge is 0.230 e. The highest BCUT2D eigenvalue weighted by molar-refractivity contribution is 6.33. The quantitative estimate of drug-likeness (QED) is 0.282. The SMILES string of the molecule is CC(C)n1ncc(Cl)c1-c1cc2n(n1)CCC(=O)N2Cc1ccc(-c2ncccc2OC2CC2)c(Cl)c1. The topological polar surface area (TPSA) is 78.1 Å². The first-order valence-electron chi connectivity index (χ1n) is 12.4. The predicted octanol–water partition coefficient (Wildman–Crippen LogP) is 6.17. The first-order chi connectivity index (χ1) is 17.9. The van der Waals surface area contributed by atoms with Gasteiger partial charge in [0.1, 0.15) is 28.6 Å². The second kappa shape index (κ2) is 9.50. The van der Waals surface area contributed by atoms with Crippen LogP contribution >= 0.6 is 23.2 Å². The maximum Gasteiger partial charge on any atom is 0.230 e. The van der Waals surface area contributed by atoms with Gasteiger partial charge in [0.05, 0.1) is 35.4 Å². The average Bonchev–Trinajstić information content (AvgIpc) is 3.44. The molecule has 1 aliphatic heterocycles. The van der Waals surface area contributed by atoms with Crippen molar-refractivity contribution in [2.75, 3.05) is 4.90 Å². The lowest BCUT2D eigenvalue weighted by atomic mass is 10.1. The number of pyridine rings is 1. The second-order valence-electron chi connectivity index (χ2n) is 9.70. The van der Waals surface area contributed by atoms with Gasteiger partial charge in [0.15, 0.2) is 0 Å². The number of carbonyl (C=O) groups excluding carboxylic acids is 1. The van der Waals surface area contributed by atoms with E-state index in [2.05, 4.69) is 10.1 Å². The van der Waals surface area contributed by atoms with Crippen LogP contribution in [0, 0.1) is 0 Å². The molecular formula is C27H26Cl2N6O2. The summed E-state index contributed by atoms with van der Waals surface area (Å²) in [4.78, 5) is 19.3. The zero-order chi connectivity index (χ0) is 25.7. The van der Waals surface area contributed by atoms with Gasteiger partial charge in [-0.05, 0) is 50.5 Å². The summed E-state index contributed by atoms with van der Waals surface area (Å²) in [6.07, 6.45) is 6.12. The van der Waals surface area contributed by atoms with Gasteiger partial charge in [-0.2, -0.15) is 10.2 Å². The minimum Gasteiger partial charge on any atom is -0.488 e. The molecule has 0 saturated heterocycles. The fourth-order valence-corrected chi connectivity index (χ4v) is 5.11. The molecule has 1 aliphatic carbocycles. The zero-order valence-electron chi connectivity index (χ0n) is 20.6. The van der Waals surface area contributed by atoms with Crippen molar-refractivity contribution in [1.29, 1.82) is 0 Å². The Morgan fingerprint density at radius 1 is 1.14 bits per heavy atom. The number of halogens is 2. The Balaban J connectivity index is 1.30. The van der Waals surface area contributed by atoms with Gasteiger partial charge in [0.2, 0.25) is 5.91 Å². The van der Waals surface area contributed by atoms with Crippen LogP contribution in [0.4, 0.5) is 5.82 Å². The van der Waals surface area contributed by atoms with E-state index < -0.39 is 0 Å². The molecule has 1 aromatic carbocycles. The molecule has 2 aliphatic rings. The molecule has 4 heterocycles. The van der Waals surface area contributed by atoms with Crippen LogP contribution in [0.25, 0.3) is 22.6 Å².